The molecular formula is C33H38N2O8S. The van der Waals surface area contributed by atoms with E-state index in [-0.39, 0.29) is 49.5 Å². The molecule has 3 aromatic carbocycles. The van der Waals surface area contributed by atoms with Gasteiger partial charge in [-0.25, -0.2) is 8.42 Å². The number of carboxylic acids is 1. The highest BCUT2D eigenvalue weighted by atomic mass is 32.2. The molecule has 0 bridgehead atoms. The number of imide groups is 1. The molecule has 0 unspecified atom stereocenters. The Balaban J connectivity index is 1.48. The molecular weight excluding hydrogens is 584 g/mol. The third kappa shape index (κ3) is 7.83. The number of unbranched alkanes of at least 4 members (excludes halogenated alkanes) is 1. The number of carbonyl (C=O) groups is 3. The number of aliphatic carboxylic acids is 1. The smallest absolute Gasteiger partial charge is 0.303 e. The second-order valence-corrected chi connectivity index (χ2v) is 12.4. The largest absolute Gasteiger partial charge is 0.494 e. The predicted molar refractivity (Wildman–Crippen MR) is 164 cm³/mol. The van der Waals surface area contributed by atoms with Crippen LogP contribution in [-0.2, 0) is 27.8 Å². The molecule has 10 nitrogen and oxygen atoms in total. The number of benzene rings is 3. The van der Waals surface area contributed by atoms with E-state index in [0.717, 1.165) is 23.3 Å². The second kappa shape index (κ2) is 15.0. The van der Waals surface area contributed by atoms with Gasteiger partial charge in [-0.2, -0.15) is 4.31 Å². The maximum absolute atomic E-state index is 13.6. The zero-order valence-electron chi connectivity index (χ0n) is 25.0. The fraction of sp³-hybridized carbons (Fsp3) is 0.364. The summed E-state index contributed by atoms with van der Waals surface area (Å²) in [6.45, 7) is 5.00. The first-order valence-electron chi connectivity index (χ1n) is 14.8. The number of ether oxygens (including phenoxy) is 2. The van der Waals surface area contributed by atoms with E-state index in [1.165, 1.54) is 22.5 Å². The van der Waals surface area contributed by atoms with E-state index in [0.29, 0.717) is 35.7 Å². The fourth-order valence-electron chi connectivity index (χ4n) is 4.93. The van der Waals surface area contributed by atoms with E-state index in [4.69, 9.17) is 9.47 Å². The van der Waals surface area contributed by atoms with Gasteiger partial charge in [0, 0.05) is 30.6 Å². The van der Waals surface area contributed by atoms with Gasteiger partial charge in [0.05, 0.1) is 18.0 Å². The zero-order chi connectivity index (χ0) is 31.7. The fourth-order valence-corrected chi connectivity index (χ4v) is 6.44. The van der Waals surface area contributed by atoms with E-state index >= 15 is 0 Å². The van der Waals surface area contributed by atoms with Gasteiger partial charge < -0.3 is 14.6 Å². The number of aryl methyl sites for hydroxylation is 1. The van der Waals surface area contributed by atoms with E-state index in [9.17, 15) is 27.9 Å². The highest BCUT2D eigenvalue weighted by Gasteiger charge is 2.33. The van der Waals surface area contributed by atoms with E-state index in [1.54, 1.807) is 48.5 Å². The standard InChI is InChI=1S/C33H38N2O8S/c1-3-5-20-42-26-13-15-28(16-14-26)44(40,41)34(18-4-2)19-21-43-27-12-10-24(11-17-31(36)37)30(22-27)33(39)35-23-25-8-6-7-9-29(25)32(35)38/h6-10,12-16,22H,3-5,11,17-21,23H2,1-2H3,(H,36,37). The number of carbonyl (C=O) groups excluding carboxylic acids is 2. The molecule has 234 valence electrons. The van der Waals surface area contributed by atoms with Crippen molar-refractivity contribution in [3.8, 4) is 11.5 Å². The van der Waals surface area contributed by atoms with Crippen molar-refractivity contribution in [3.05, 3.63) is 89.0 Å². The lowest BCUT2D eigenvalue weighted by atomic mass is 10.0. The molecule has 1 aliphatic rings. The third-order valence-electron chi connectivity index (χ3n) is 7.30. The lowest BCUT2D eigenvalue weighted by Crippen LogP contribution is -2.35. The summed E-state index contributed by atoms with van der Waals surface area (Å²) in [5.74, 6) is -1.06. The van der Waals surface area contributed by atoms with Crippen molar-refractivity contribution in [2.24, 2.45) is 0 Å². The van der Waals surface area contributed by atoms with Crippen molar-refractivity contribution in [2.75, 3.05) is 26.3 Å². The first kappa shape index (κ1) is 32.7. The predicted octanol–water partition coefficient (Wildman–Crippen LogP) is 5.16. The summed E-state index contributed by atoms with van der Waals surface area (Å²) in [6, 6.07) is 18.1. The molecule has 1 N–H and O–H groups in total. The molecule has 0 saturated carbocycles. The normalized spacial score (nSPS) is 12.8. The van der Waals surface area contributed by atoms with Crippen molar-refractivity contribution in [1.29, 1.82) is 0 Å². The van der Waals surface area contributed by atoms with Crippen molar-refractivity contribution >= 4 is 27.8 Å². The van der Waals surface area contributed by atoms with Crippen molar-refractivity contribution in [2.45, 2.75) is 57.4 Å². The van der Waals surface area contributed by atoms with Crippen LogP contribution in [0.25, 0.3) is 0 Å². The minimum atomic E-state index is -3.80. The summed E-state index contributed by atoms with van der Waals surface area (Å²) < 4.78 is 39.8. The van der Waals surface area contributed by atoms with Crippen LogP contribution in [-0.4, -0.2) is 66.8 Å². The summed E-state index contributed by atoms with van der Waals surface area (Å²) in [5, 5.41) is 9.21. The van der Waals surface area contributed by atoms with Crippen LogP contribution < -0.4 is 9.47 Å². The first-order chi connectivity index (χ1) is 21.1. The second-order valence-electron chi connectivity index (χ2n) is 10.5. The Morgan fingerprint density at radius 2 is 1.61 bits per heavy atom. The van der Waals surface area contributed by atoms with Crippen molar-refractivity contribution in [1.82, 2.24) is 9.21 Å². The summed E-state index contributed by atoms with van der Waals surface area (Å²) in [6.07, 6.45) is 2.41. The molecule has 0 atom stereocenters. The van der Waals surface area contributed by atoms with Crippen molar-refractivity contribution < 1.29 is 37.4 Å². The Hall–Kier alpha value is -4.22. The van der Waals surface area contributed by atoms with Crippen LogP contribution in [0.2, 0.25) is 0 Å². The maximum atomic E-state index is 13.6. The Kier molecular flexibility index (Phi) is 11.1. The zero-order valence-corrected chi connectivity index (χ0v) is 25.8. The van der Waals surface area contributed by atoms with Gasteiger partial charge in [0.1, 0.15) is 18.1 Å². The van der Waals surface area contributed by atoms with Crippen LogP contribution in [0, 0.1) is 0 Å². The number of fused-ring (bicyclic) bond motifs is 1. The summed E-state index contributed by atoms with van der Waals surface area (Å²) in [7, 11) is -3.80. The Labute approximate surface area is 258 Å². The summed E-state index contributed by atoms with van der Waals surface area (Å²) in [4.78, 5) is 39.1. The molecule has 0 fully saturated rings. The van der Waals surface area contributed by atoms with Crippen LogP contribution in [0.5, 0.6) is 11.5 Å². The molecule has 0 spiro atoms. The molecule has 11 heteroatoms. The number of amides is 2. The minimum absolute atomic E-state index is 0.00757. The Bertz CT molecular complexity index is 1590. The van der Waals surface area contributed by atoms with Gasteiger partial charge in [-0.1, -0.05) is 44.5 Å². The highest BCUT2D eigenvalue weighted by Crippen LogP contribution is 2.28. The van der Waals surface area contributed by atoms with E-state index < -0.39 is 27.8 Å². The van der Waals surface area contributed by atoms with Gasteiger partial charge in [-0.05, 0) is 72.9 Å². The van der Waals surface area contributed by atoms with Crippen LogP contribution in [0.3, 0.4) is 0 Å². The highest BCUT2D eigenvalue weighted by molar-refractivity contribution is 7.89. The number of hydrogen-bond donors (Lipinski definition) is 1. The molecule has 0 radical (unpaired) electrons. The topological polar surface area (TPSA) is 131 Å². The van der Waals surface area contributed by atoms with Gasteiger partial charge >= 0.3 is 5.97 Å². The lowest BCUT2D eigenvalue weighted by molar-refractivity contribution is -0.136. The quantitative estimate of drug-likeness (QED) is 0.171. The van der Waals surface area contributed by atoms with E-state index in [2.05, 4.69) is 6.92 Å². The SMILES string of the molecule is CCCCOc1ccc(S(=O)(=O)N(CCC)CCOc2ccc(CCC(=O)O)c(C(=O)N3Cc4ccccc4C3=O)c2)cc1. The number of rotatable bonds is 16. The lowest BCUT2D eigenvalue weighted by Gasteiger charge is -2.22. The van der Waals surface area contributed by atoms with Crippen LogP contribution in [0.1, 0.15) is 71.4 Å². The van der Waals surface area contributed by atoms with Crippen LogP contribution in [0.4, 0.5) is 0 Å². The molecule has 2 amide bonds. The van der Waals surface area contributed by atoms with Gasteiger partial charge in [0.15, 0.2) is 0 Å². The maximum Gasteiger partial charge on any atom is 0.303 e. The van der Waals surface area contributed by atoms with Crippen LogP contribution in [0.15, 0.2) is 71.6 Å². The molecule has 3 aromatic rings. The third-order valence-corrected chi connectivity index (χ3v) is 9.21. The summed E-state index contributed by atoms with van der Waals surface area (Å²) in [5.41, 5.74) is 1.84. The monoisotopic (exact) mass is 622 g/mol. The van der Waals surface area contributed by atoms with Crippen molar-refractivity contribution in [3.63, 3.8) is 0 Å². The Morgan fingerprint density at radius 1 is 0.909 bits per heavy atom. The van der Waals surface area contributed by atoms with Gasteiger partial charge in [-0.3, -0.25) is 19.3 Å². The molecule has 1 heterocycles. The number of carboxylic acid groups (broad SMARTS) is 1. The van der Waals surface area contributed by atoms with E-state index in [1.807, 2.05) is 6.92 Å². The molecule has 44 heavy (non-hydrogen) atoms. The summed E-state index contributed by atoms with van der Waals surface area (Å²) >= 11 is 0. The molecule has 0 saturated heterocycles. The number of nitrogens with zero attached hydrogens (tertiary/aromatic N) is 2. The first-order valence-corrected chi connectivity index (χ1v) is 16.2. The molecule has 4 rings (SSSR count). The number of sulfonamides is 1. The average Bonchev–Trinajstić information content (AvgIpc) is 3.36. The molecule has 1 aliphatic heterocycles. The molecule has 0 aromatic heterocycles. The van der Waals surface area contributed by atoms with Crippen LogP contribution >= 0.6 is 0 Å². The van der Waals surface area contributed by atoms with Gasteiger partial charge in [0.2, 0.25) is 10.0 Å². The average molecular weight is 623 g/mol. The molecule has 0 aliphatic carbocycles. The Morgan fingerprint density at radius 3 is 2.30 bits per heavy atom. The number of hydrogen-bond acceptors (Lipinski definition) is 7. The van der Waals surface area contributed by atoms with Gasteiger partial charge in [-0.15, -0.1) is 0 Å². The minimum Gasteiger partial charge on any atom is -0.494 e. The van der Waals surface area contributed by atoms with Gasteiger partial charge in [0.25, 0.3) is 11.8 Å².